The first-order valence-electron chi connectivity index (χ1n) is 4.08. The Balaban J connectivity index is 2.83. The predicted molar refractivity (Wildman–Crippen MR) is 57.2 cm³/mol. The summed E-state index contributed by atoms with van der Waals surface area (Å²) in [4.78, 5) is 0. The van der Waals surface area contributed by atoms with Crippen molar-refractivity contribution in [2.75, 3.05) is 7.11 Å². The molecule has 1 aromatic carbocycles. The minimum Gasteiger partial charge on any atom is -0.618 e. The Kier molecular flexibility index (Phi) is 2.29. The summed E-state index contributed by atoms with van der Waals surface area (Å²) in [6, 6.07) is 7.15. The second-order valence-corrected chi connectivity index (χ2v) is 3.73. The van der Waals surface area contributed by atoms with E-state index >= 15 is 0 Å². The lowest BCUT2D eigenvalue weighted by atomic mass is 10.2. The summed E-state index contributed by atoms with van der Waals surface area (Å²) >= 11 is 3.39. The standard InChI is InChI=1S/C10H8BrNO2/c1-14-7-5-9(11)8-3-2-4-12(13)10(8)6-7/h2-6H,1H3. The second kappa shape index (κ2) is 3.46. The molecule has 14 heavy (non-hydrogen) atoms. The van der Waals surface area contributed by atoms with Gasteiger partial charge in [-0.25, -0.2) is 0 Å². The van der Waals surface area contributed by atoms with Gasteiger partial charge in [-0.1, -0.05) is 0 Å². The topological polar surface area (TPSA) is 36.2 Å². The van der Waals surface area contributed by atoms with Gasteiger partial charge in [-0.05, 0) is 28.1 Å². The van der Waals surface area contributed by atoms with Crippen LogP contribution in [0.4, 0.5) is 0 Å². The Hall–Kier alpha value is -1.29. The van der Waals surface area contributed by atoms with Crippen molar-refractivity contribution in [1.29, 1.82) is 0 Å². The summed E-state index contributed by atoms with van der Waals surface area (Å²) < 4.78 is 6.76. The lowest BCUT2D eigenvalue weighted by Crippen LogP contribution is -2.25. The van der Waals surface area contributed by atoms with Gasteiger partial charge in [0.1, 0.15) is 5.75 Å². The first-order chi connectivity index (χ1) is 6.72. The molecule has 0 aliphatic rings. The van der Waals surface area contributed by atoms with Gasteiger partial charge in [-0.2, -0.15) is 4.73 Å². The largest absolute Gasteiger partial charge is 0.618 e. The highest BCUT2D eigenvalue weighted by atomic mass is 79.9. The fourth-order valence-corrected chi connectivity index (χ4v) is 1.90. The summed E-state index contributed by atoms with van der Waals surface area (Å²) in [5.41, 5.74) is 0.596. The van der Waals surface area contributed by atoms with Crippen LogP contribution in [0.25, 0.3) is 10.9 Å². The molecule has 72 valence electrons. The van der Waals surface area contributed by atoms with Crippen molar-refractivity contribution >= 4 is 26.8 Å². The number of benzene rings is 1. The Morgan fingerprint density at radius 3 is 2.93 bits per heavy atom. The molecule has 2 rings (SSSR count). The van der Waals surface area contributed by atoms with Gasteiger partial charge in [0.15, 0.2) is 6.20 Å². The second-order valence-electron chi connectivity index (χ2n) is 2.88. The third-order valence-electron chi connectivity index (χ3n) is 2.04. The van der Waals surface area contributed by atoms with Crippen molar-refractivity contribution in [2.45, 2.75) is 0 Å². The van der Waals surface area contributed by atoms with Crippen molar-refractivity contribution in [3.05, 3.63) is 40.1 Å². The zero-order valence-electron chi connectivity index (χ0n) is 7.53. The molecule has 0 aliphatic carbocycles. The molecule has 0 amide bonds. The quantitative estimate of drug-likeness (QED) is 0.578. The number of methoxy groups -OCH3 is 1. The molecule has 0 radical (unpaired) electrons. The number of ether oxygens (including phenoxy) is 1. The number of fused-ring (bicyclic) bond motifs is 1. The molecular weight excluding hydrogens is 246 g/mol. The lowest BCUT2D eigenvalue weighted by Gasteiger charge is -2.05. The molecule has 0 unspecified atom stereocenters. The molecule has 0 saturated heterocycles. The fraction of sp³-hybridized carbons (Fsp3) is 0.100. The molecule has 0 aliphatic heterocycles. The third kappa shape index (κ3) is 1.42. The Morgan fingerprint density at radius 1 is 1.43 bits per heavy atom. The van der Waals surface area contributed by atoms with Crippen molar-refractivity contribution in [2.24, 2.45) is 0 Å². The normalized spacial score (nSPS) is 10.4. The third-order valence-corrected chi connectivity index (χ3v) is 2.69. The van der Waals surface area contributed by atoms with Crippen molar-refractivity contribution < 1.29 is 9.47 Å². The van der Waals surface area contributed by atoms with Gasteiger partial charge in [-0.3, -0.25) is 0 Å². The SMILES string of the molecule is COc1cc(Br)c2ccc[n+]([O-])c2c1. The van der Waals surface area contributed by atoms with Gasteiger partial charge in [-0.15, -0.1) is 0 Å². The van der Waals surface area contributed by atoms with Crippen molar-refractivity contribution in [3.63, 3.8) is 0 Å². The summed E-state index contributed by atoms with van der Waals surface area (Å²) in [7, 11) is 1.58. The molecule has 0 N–H and O–H groups in total. The molecular formula is C10H8BrNO2. The minimum atomic E-state index is 0.596. The maximum Gasteiger partial charge on any atom is 0.228 e. The fourth-order valence-electron chi connectivity index (χ4n) is 1.34. The zero-order valence-corrected chi connectivity index (χ0v) is 9.11. The van der Waals surface area contributed by atoms with E-state index in [4.69, 9.17) is 4.74 Å². The van der Waals surface area contributed by atoms with E-state index in [1.807, 2.05) is 12.1 Å². The van der Waals surface area contributed by atoms with Crippen LogP contribution in [0.1, 0.15) is 0 Å². The first kappa shape index (κ1) is 9.27. The molecule has 4 heteroatoms. The van der Waals surface area contributed by atoms with E-state index in [0.717, 1.165) is 14.6 Å². The molecule has 0 saturated carbocycles. The molecule has 3 nitrogen and oxygen atoms in total. The highest BCUT2D eigenvalue weighted by Crippen LogP contribution is 2.27. The number of aromatic nitrogens is 1. The average molecular weight is 254 g/mol. The maximum absolute atomic E-state index is 11.4. The lowest BCUT2D eigenvalue weighted by molar-refractivity contribution is -0.577. The van der Waals surface area contributed by atoms with Crippen LogP contribution >= 0.6 is 15.9 Å². The van der Waals surface area contributed by atoms with Gasteiger partial charge in [0.05, 0.1) is 18.6 Å². The van der Waals surface area contributed by atoms with Crippen LogP contribution in [-0.4, -0.2) is 7.11 Å². The zero-order chi connectivity index (χ0) is 10.1. The molecule has 0 bridgehead atoms. The van der Waals surface area contributed by atoms with E-state index in [0.29, 0.717) is 11.3 Å². The maximum atomic E-state index is 11.4. The van der Waals surface area contributed by atoms with Crippen LogP contribution in [0.5, 0.6) is 5.75 Å². The number of hydrogen-bond donors (Lipinski definition) is 0. The number of nitrogens with zero attached hydrogens (tertiary/aromatic N) is 1. The number of pyridine rings is 1. The van der Waals surface area contributed by atoms with E-state index in [1.54, 1.807) is 19.2 Å². The summed E-state index contributed by atoms with van der Waals surface area (Å²) in [6.45, 7) is 0. The van der Waals surface area contributed by atoms with Gasteiger partial charge in [0, 0.05) is 10.5 Å². The number of hydrogen-bond acceptors (Lipinski definition) is 2. The van der Waals surface area contributed by atoms with Gasteiger partial charge < -0.3 is 9.94 Å². The summed E-state index contributed by atoms with van der Waals surface area (Å²) in [5, 5.41) is 12.3. The Labute approximate surface area is 89.6 Å². The highest BCUT2D eigenvalue weighted by Gasteiger charge is 2.08. The molecule has 1 heterocycles. The average Bonchev–Trinajstić information content (AvgIpc) is 2.19. The van der Waals surface area contributed by atoms with Crippen LogP contribution in [-0.2, 0) is 0 Å². The van der Waals surface area contributed by atoms with E-state index in [2.05, 4.69) is 15.9 Å². The van der Waals surface area contributed by atoms with Gasteiger partial charge in [0.25, 0.3) is 0 Å². The summed E-state index contributed by atoms with van der Waals surface area (Å²) in [5.74, 6) is 0.667. The Bertz CT molecular complexity index is 485. The van der Waals surface area contributed by atoms with Crippen LogP contribution in [0.2, 0.25) is 0 Å². The molecule has 0 atom stereocenters. The van der Waals surface area contributed by atoms with Crippen LogP contribution in [0, 0.1) is 5.21 Å². The van der Waals surface area contributed by atoms with Gasteiger partial charge in [0.2, 0.25) is 5.52 Å². The van der Waals surface area contributed by atoms with Crippen molar-refractivity contribution in [1.82, 2.24) is 0 Å². The molecule has 0 spiro atoms. The van der Waals surface area contributed by atoms with Gasteiger partial charge >= 0.3 is 0 Å². The van der Waals surface area contributed by atoms with Crippen LogP contribution in [0.3, 0.4) is 0 Å². The molecule has 0 fully saturated rings. The first-order valence-corrected chi connectivity index (χ1v) is 4.87. The van der Waals surface area contributed by atoms with E-state index in [1.165, 1.54) is 6.20 Å². The summed E-state index contributed by atoms with van der Waals surface area (Å²) in [6.07, 6.45) is 1.47. The Morgan fingerprint density at radius 2 is 2.21 bits per heavy atom. The van der Waals surface area contributed by atoms with E-state index < -0.39 is 0 Å². The molecule has 1 aromatic heterocycles. The van der Waals surface area contributed by atoms with E-state index in [-0.39, 0.29) is 0 Å². The number of rotatable bonds is 1. The highest BCUT2D eigenvalue weighted by molar-refractivity contribution is 9.10. The number of halogens is 1. The van der Waals surface area contributed by atoms with Crippen LogP contribution in [0.15, 0.2) is 34.9 Å². The monoisotopic (exact) mass is 253 g/mol. The smallest absolute Gasteiger partial charge is 0.228 e. The van der Waals surface area contributed by atoms with Crippen LogP contribution < -0.4 is 9.47 Å². The van der Waals surface area contributed by atoms with Crippen molar-refractivity contribution in [3.8, 4) is 5.75 Å². The predicted octanol–water partition coefficient (Wildman–Crippen LogP) is 2.24. The molecule has 2 aromatic rings. The van der Waals surface area contributed by atoms with E-state index in [9.17, 15) is 5.21 Å². The minimum absolute atomic E-state index is 0.596.